The Kier molecular flexibility index (Phi) is 9.84. The Balaban J connectivity index is 0.00000392. The van der Waals surface area contributed by atoms with E-state index in [0.717, 1.165) is 5.56 Å². The molecule has 152 valence electrons. The summed E-state index contributed by atoms with van der Waals surface area (Å²) in [6, 6.07) is 15.4. The van der Waals surface area contributed by atoms with Gasteiger partial charge in [0.1, 0.15) is 11.5 Å². The Hall–Kier alpha value is -2.77. The number of hydrogen-bond donors (Lipinski definition) is 3. The third-order valence-corrected chi connectivity index (χ3v) is 4.06. The molecule has 4 N–H and O–H groups in total. The molecular formula is C20H27ClN4O3. The van der Waals surface area contributed by atoms with E-state index in [1.54, 1.807) is 18.0 Å². The van der Waals surface area contributed by atoms with Crippen LogP contribution in [0.15, 0.2) is 54.6 Å². The largest absolute Gasteiger partial charge is 0.457 e. The Labute approximate surface area is 171 Å². The number of para-hydroxylation sites is 1. The number of likely N-dealkylation sites (N-methyl/N-ethyl adjacent to an activating group) is 2. The first-order chi connectivity index (χ1) is 13.0. The molecule has 1 atom stereocenters. The number of nitrogens with two attached hydrogens (primary N) is 1. The second-order valence-electron chi connectivity index (χ2n) is 6.17. The summed E-state index contributed by atoms with van der Waals surface area (Å²) in [6.07, 6.45) is 0.109. The zero-order chi connectivity index (χ0) is 19.6. The van der Waals surface area contributed by atoms with E-state index in [9.17, 15) is 9.59 Å². The zero-order valence-electron chi connectivity index (χ0n) is 16.1. The summed E-state index contributed by atoms with van der Waals surface area (Å²) in [5.41, 5.74) is 6.06. The van der Waals surface area contributed by atoms with Gasteiger partial charge in [0.2, 0.25) is 5.91 Å². The van der Waals surface area contributed by atoms with Gasteiger partial charge in [-0.25, -0.2) is 4.79 Å². The highest BCUT2D eigenvalue weighted by Gasteiger charge is 2.20. The van der Waals surface area contributed by atoms with E-state index in [-0.39, 0.29) is 24.7 Å². The molecule has 0 aromatic heterocycles. The number of halogens is 1. The van der Waals surface area contributed by atoms with Gasteiger partial charge in [-0.3, -0.25) is 4.79 Å². The van der Waals surface area contributed by atoms with Crippen LogP contribution in [0.4, 0.5) is 4.79 Å². The average molecular weight is 407 g/mol. The van der Waals surface area contributed by atoms with Gasteiger partial charge in [0.25, 0.3) is 0 Å². The summed E-state index contributed by atoms with van der Waals surface area (Å²) in [7, 11) is 3.56. The summed E-state index contributed by atoms with van der Waals surface area (Å²) in [5, 5.41) is 5.65. The summed E-state index contributed by atoms with van der Waals surface area (Å²) >= 11 is 0. The van der Waals surface area contributed by atoms with Crippen molar-refractivity contribution >= 4 is 24.3 Å². The van der Waals surface area contributed by atoms with E-state index in [1.165, 1.54) is 0 Å². The maximum absolute atomic E-state index is 12.5. The molecule has 3 amide bonds. The van der Waals surface area contributed by atoms with E-state index in [2.05, 4.69) is 10.6 Å². The molecule has 0 bridgehead atoms. The number of benzene rings is 2. The predicted molar refractivity (Wildman–Crippen MR) is 112 cm³/mol. The average Bonchev–Trinajstić information content (AvgIpc) is 2.66. The Morgan fingerprint density at radius 3 is 2.43 bits per heavy atom. The third kappa shape index (κ3) is 7.46. The van der Waals surface area contributed by atoms with Crippen molar-refractivity contribution in [3.8, 4) is 11.5 Å². The van der Waals surface area contributed by atoms with Gasteiger partial charge in [-0.15, -0.1) is 12.4 Å². The lowest BCUT2D eigenvalue weighted by atomic mass is 10.0. The predicted octanol–water partition coefficient (Wildman–Crippen LogP) is 2.68. The molecular weight excluding hydrogens is 380 g/mol. The van der Waals surface area contributed by atoms with Gasteiger partial charge in [-0.05, 0) is 36.9 Å². The minimum atomic E-state index is -0.681. The summed E-state index contributed by atoms with van der Waals surface area (Å²) in [5.74, 6) is 1.24. The number of hydrogen-bond acceptors (Lipinski definition) is 4. The van der Waals surface area contributed by atoms with Gasteiger partial charge in [0.05, 0.1) is 12.5 Å². The summed E-state index contributed by atoms with van der Waals surface area (Å²) in [4.78, 5) is 25.5. The van der Waals surface area contributed by atoms with Crippen molar-refractivity contribution < 1.29 is 14.3 Å². The van der Waals surface area contributed by atoms with Crippen LogP contribution in [0.5, 0.6) is 11.5 Å². The third-order valence-electron chi connectivity index (χ3n) is 4.06. The molecule has 0 fully saturated rings. The van der Waals surface area contributed by atoms with Crippen LogP contribution in [-0.2, 0) is 4.79 Å². The lowest BCUT2D eigenvalue weighted by Crippen LogP contribution is -2.38. The molecule has 0 heterocycles. The molecule has 28 heavy (non-hydrogen) atoms. The molecule has 2 rings (SSSR count). The molecule has 1 unspecified atom stereocenters. The fourth-order valence-electron chi connectivity index (χ4n) is 2.58. The number of urea groups is 1. The molecule has 7 nitrogen and oxygen atoms in total. The number of nitrogens with one attached hydrogen (secondary N) is 2. The Morgan fingerprint density at radius 2 is 1.79 bits per heavy atom. The topological polar surface area (TPSA) is 96.7 Å². The quantitative estimate of drug-likeness (QED) is 0.596. The Morgan fingerprint density at radius 1 is 1.11 bits per heavy atom. The van der Waals surface area contributed by atoms with E-state index in [1.807, 2.05) is 55.6 Å². The van der Waals surface area contributed by atoms with Crippen LogP contribution in [0.2, 0.25) is 0 Å². The van der Waals surface area contributed by atoms with Crippen molar-refractivity contribution in [2.45, 2.75) is 12.5 Å². The first-order valence-electron chi connectivity index (χ1n) is 8.77. The lowest BCUT2D eigenvalue weighted by molar-refractivity contribution is -0.130. The number of carbonyl (C=O) groups excluding carboxylic acids is 2. The number of ether oxygens (including phenoxy) is 1. The summed E-state index contributed by atoms with van der Waals surface area (Å²) < 4.78 is 5.83. The van der Waals surface area contributed by atoms with Crippen LogP contribution in [0.3, 0.4) is 0 Å². The van der Waals surface area contributed by atoms with Gasteiger partial charge in [-0.1, -0.05) is 30.3 Å². The van der Waals surface area contributed by atoms with Crippen molar-refractivity contribution in [3.05, 3.63) is 60.2 Å². The first-order valence-corrected chi connectivity index (χ1v) is 8.77. The van der Waals surface area contributed by atoms with Crippen molar-refractivity contribution in [2.24, 2.45) is 5.73 Å². The van der Waals surface area contributed by atoms with Crippen molar-refractivity contribution in [1.82, 2.24) is 15.5 Å². The highest BCUT2D eigenvalue weighted by atomic mass is 35.5. The minimum absolute atomic E-state index is 0. The molecule has 0 saturated carbocycles. The number of primary amides is 1. The van der Waals surface area contributed by atoms with Crippen molar-refractivity contribution in [1.29, 1.82) is 0 Å². The van der Waals surface area contributed by atoms with Gasteiger partial charge >= 0.3 is 6.03 Å². The SMILES string of the molecule is CNCCN(C)C(=O)CC(NC(N)=O)c1cccc(Oc2ccccc2)c1.Cl. The monoisotopic (exact) mass is 406 g/mol. The van der Waals surface area contributed by atoms with Crippen LogP contribution in [0.25, 0.3) is 0 Å². The molecule has 0 aliphatic heterocycles. The van der Waals surface area contributed by atoms with Crippen molar-refractivity contribution in [2.75, 3.05) is 27.2 Å². The molecule has 2 aromatic carbocycles. The normalized spacial score (nSPS) is 11.1. The minimum Gasteiger partial charge on any atom is -0.457 e. The number of nitrogens with zero attached hydrogens (tertiary/aromatic N) is 1. The number of amides is 3. The zero-order valence-corrected chi connectivity index (χ0v) is 16.9. The molecule has 0 saturated heterocycles. The van der Waals surface area contributed by atoms with Crippen LogP contribution in [0.1, 0.15) is 18.0 Å². The second-order valence-corrected chi connectivity index (χ2v) is 6.17. The highest BCUT2D eigenvalue weighted by molar-refractivity contribution is 5.85. The fourth-order valence-corrected chi connectivity index (χ4v) is 2.58. The highest BCUT2D eigenvalue weighted by Crippen LogP contribution is 2.26. The number of rotatable bonds is 9. The smallest absolute Gasteiger partial charge is 0.312 e. The van der Waals surface area contributed by atoms with Gasteiger partial charge < -0.3 is 26.0 Å². The van der Waals surface area contributed by atoms with Crippen LogP contribution in [0, 0.1) is 0 Å². The molecule has 0 aliphatic carbocycles. The first kappa shape index (κ1) is 23.3. The van der Waals surface area contributed by atoms with Gasteiger partial charge in [0.15, 0.2) is 0 Å². The van der Waals surface area contributed by atoms with E-state index in [4.69, 9.17) is 10.5 Å². The van der Waals surface area contributed by atoms with Crippen LogP contribution in [-0.4, -0.2) is 44.0 Å². The molecule has 2 aromatic rings. The molecule has 0 radical (unpaired) electrons. The molecule has 0 spiro atoms. The molecule has 8 heteroatoms. The maximum atomic E-state index is 12.5. The van der Waals surface area contributed by atoms with E-state index >= 15 is 0 Å². The van der Waals surface area contributed by atoms with E-state index < -0.39 is 12.1 Å². The standard InChI is InChI=1S/C20H26N4O3.ClH/c1-22-11-12-24(2)19(25)14-18(23-20(21)26)15-7-6-10-17(13-15)27-16-8-4-3-5-9-16;/h3-10,13,18,22H,11-12,14H2,1-2H3,(H3,21,23,26);1H. The molecule has 0 aliphatic rings. The van der Waals surface area contributed by atoms with E-state index in [0.29, 0.717) is 24.6 Å². The van der Waals surface area contributed by atoms with Crippen molar-refractivity contribution in [3.63, 3.8) is 0 Å². The van der Waals surface area contributed by atoms with Gasteiger partial charge in [-0.2, -0.15) is 0 Å². The lowest BCUT2D eigenvalue weighted by Gasteiger charge is -2.22. The second kappa shape index (κ2) is 11.8. The fraction of sp³-hybridized carbons (Fsp3) is 0.300. The van der Waals surface area contributed by atoms with Gasteiger partial charge in [0, 0.05) is 20.1 Å². The summed E-state index contributed by atoms with van der Waals surface area (Å²) in [6.45, 7) is 1.27. The number of carbonyl (C=O) groups is 2. The van der Waals surface area contributed by atoms with Crippen LogP contribution < -0.4 is 21.1 Å². The maximum Gasteiger partial charge on any atom is 0.312 e. The Bertz CT molecular complexity index is 758. The van der Waals surface area contributed by atoms with Crippen LogP contribution >= 0.6 is 12.4 Å².